The van der Waals surface area contributed by atoms with Gasteiger partial charge in [0.2, 0.25) is 0 Å². The summed E-state index contributed by atoms with van der Waals surface area (Å²) in [6, 6.07) is 10.4. The molecule has 1 unspecified atom stereocenters. The molecular weight excluding hydrogens is 511 g/mol. The van der Waals surface area contributed by atoms with Gasteiger partial charge in [0, 0.05) is 41.7 Å². The average molecular weight is 538 g/mol. The number of alkyl halides is 3. The van der Waals surface area contributed by atoms with Gasteiger partial charge in [-0.25, -0.2) is 17.9 Å². The summed E-state index contributed by atoms with van der Waals surface area (Å²) in [5.41, 5.74) is 2.72. The third-order valence-electron chi connectivity index (χ3n) is 6.60. The minimum absolute atomic E-state index is 0.119. The standard InChI is InChI=1S/C28H26F3N5O3/c1-5-32-27(37)20-10-18-19(13-35(4)28(38)23(18)34-20)17-11-21-16(12-33-36(21)26(31)25(29)30)9-22(17)39-24-14(2)7-6-8-15(24)3/h6-13,25-26,34H,5H2,1-4H3,(H,32,37). The van der Waals surface area contributed by atoms with Crippen LogP contribution < -0.4 is 15.6 Å². The van der Waals surface area contributed by atoms with Gasteiger partial charge in [0.25, 0.3) is 24.2 Å². The predicted molar refractivity (Wildman–Crippen MR) is 142 cm³/mol. The van der Waals surface area contributed by atoms with Crippen molar-refractivity contribution >= 4 is 27.7 Å². The zero-order chi connectivity index (χ0) is 28.0. The number of carbonyl (C=O) groups excluding carboxylic acids is 1. The number of pyridine rings is 1. The van der Waals surface area contributed by atoms with Gasteiger partial charge in [0.15, 0.2) is 0 Å². The van der Waals surface area contributed by atoms with Gasteiger partial charge in [-0.3, -0.25) is 9.59 Å². The zero-order valence-corrected chi connectivity index (χ0v) is 21.7. The van der Waals surface area contributed by atoms with Gasteiger partial charge < -0.3 is 19.6 Å². The van der Waals surface area contributed by atoms with E-state index in [1.54, 1.807) is 32.3 Å². The number of hydrogen-bond acceptors (Lipinski definition) is 4. The summed E-state index contributed by atoms with van der Waals surface area (Å²) < 4.78 is 49.5. The second-order valence-corrected chi connectivity index (χ2v) is 9.32. The number of nitrogens with one attached hydrogen (secondary N) is 2. The van der Waals surface area contributed by atoms with Crippen LogP contribution >= 0.6 is 0 Å². The normalized spacial score (nSPS) is 12.4. The molecule has 0 saturated heterocycles. The Balaban J connectivity index is 1.82. The van der Waals surface area contributed by atoms with Crippen LogP contribution in [0, 0.1) is 13.8 Å². The molecular formula is C28H26F3N5O3. The zero-order valence-electron chi connectivity index (χ0n) is 21.7. The van der Waals surface area contributed by atoms with E-state index in [4.69, 9.17) is 4.74 Å². The van der Waals surface area contributed by atoms with E-state index in [9.17, 15) is 22.8 Å². The van der Waals surface area contributed by atoms with Crippen LogP contribution in [0.3, 0.4) is 0 Å². The van der Waals surface area contributed by atoms with Crippen molar-refractivity contribution in [2.75, 3.05) is 6.54 Å². The predicted octanol–water partition coefficient (Wildman–Crippen LogP) is 5.78. The van der Waals surface area contributed by atoms with E-state index in [1.807, 2.05) is 32.0 Å². The summed E-state index contributed by atoms with van der Waals surface area (Å²) in [5, 5.41) is 7.37. The summed E-state index contributed by atoms with van der Waals surface area (Å²) in [4.78, 5) is 28.4. The minimum Gasteiger partial charge on any atom is -0.456 e. The minimum atomic E-state index is -3.28. The van der Waals surface area contributed by atoms with Crippen molar-refractivity contribution in [2.24, 2.45) is 7.05 Å². The number of ether oxygens (including phenoxy) is 1. The Kier molecular flexibility index (Phi) is 6.67. The molecule has 1 amide bonds. The van der Waals surface area contributed by atoms with Crippen LogP contribution in [0.2, 0.25) is 0 Å². The largest absolute Gasteiger partial charge is 0.456 e. The van der Waals surface area contributed by atoms with Crippen LogP contribution in [0.4, 0.5) is 13.2 Å². The molecule has 2 aromatic carbocycles. The number of halogens is 3. The molecule has 3 heterocycles. The maximum absolute atomic E-state index is 14.5. The van der Waals surface area contributed by atoms with Crippen molar-refractivity contribution in [3.05, 3.63) is 76.0 Å². The molecule has 11 heteroatoms. The highest BCUT2D eigenvalue weighted by Gasteiger charge is 2.26. The first-order chi connectivity index (χ1) is 18.6. The molecule has 2 N–H and O–H groups in total. The molecule has 3 aromatic heterocycles. The lowest BCUT2D eigenvalue weighted by Gasteiger charge is -2.17. The fourth-order valence-electron chi connectivity index (χ4n) is 4.67. The number of amides is 1. The van der Waals surface area contributed by atoms with Gasteiger partial charge in [-0.2, -0.15) is 5.10 Å². The lowest BCUT2D eigenvalue weighted by molar-refractivity contribution is 0.00344. The second-order valence-electron chi connectivity index (χ2n) is 9.32. The number of aromatic nitrogens is 4. The summed E-state index contributed by atoms with van der Waals surface area (Å²) in [7, 11) is 1.56. The monoisotopic (exact) mass is 537 g/mol. The van der Waals surface area contributed by atoms with E-state index in [-0.39, 0.29) is 28.2 Å². The number of rotatable bonds is 7. The molecule has 0 saturated carbocycles. The van der Waals surface area contributed by atoms with Crippen molar-refractivity contribution in [1.82, 2.24) is 24.6 Å². The van der Waals surface area contributed by atoms with E-state index in [0.717, 1.165) is 11.1 Å². The number of fused-ring (bicyclic) bond motifs is 2. The lowest BCUT2D eigenvalue weighted by atomic mass is 10.0. The van der Waals surface area contributed by atoms with Crippen LogP contribution in [0.15, 0.2) is 53.6 Å². The molecule has 0 aliphatic rings. The molecule has 0 spiro atoms. The SMILES string of the molecule is CCNC(=O)c1cc2c(-c3cc4c(cnn4C(F)C(F)F)cc3Oc3c(C)cccc3C)cn(C)c(=O)c2[nH]1. The Morgan fingerprint density at radius 2 is 1.85 bits per heavy atom. The number of nitrogens with zero attached hydrogens (tertiary/aromatic N) is 3. The number of carbonyl (C=O) groups is 1. The van der Waals surface area contributed by atoms with Crippen LogP contribution in [0.1, 0.15) is 34.8 Å². The van der Waals surface area contributed by atoms with E-state index in [0.29, 0.717) is 44.6 Å². The maximum Gasteiger partial charge on any atom is 0.289 e. The molecule has 5 aromatic rings. The van der Waals surface area contributed by atoms with E-state index in [2.05, 4.69) is 15.4 Å². The van der Waals surface area contributed by atoms with Crippen LogP contribution in [0.25, 0.3) is 32.9 Å². The summed E-state index contributed by atoms with van der Waals surface area (Å²) in [5.74, 6) is 0.548. The maximum atomic E-state index is 14.5. The van der Waals surface area contributed by atoms with Gasteiger partial charge in [0.1, 0.15) is 22.7 Å². The molecule has 202 valence electrons. The fourth-order valence-corrected chi connectivity index (χ4v) is 4.67. The highest BCUT2D eigenvalue weighted by molar-refractivity contribution is 6.04. The molecule has 8 nitrogen and oxygen atoms in total. The summed E-state index contributed by atoms with van der Waals surface area (Å²) in [6.07, 6.45) is -3.07. The Hall–Kier alpha value is -4.54. The van der Waals surface area contributed by atoms with Crippen molar-refractivity contribution in [2.45, 2.75) is 33.5 Å². The first kappa shape index (κ1) is 26.1. The van der Waals surface area contributed by atoms with E-state index >= 15 is 0 Å². The van der Waals surface area contributed by atoms with E-state index < -0.39 is 12.7 Å². The van der Waals surface area contributed by atoms with Crippen LogP contribution in [0.5, 0.6) is 11.5 Å². The smallest absolute Gasteiger partial charge is 0.289 e. The molecule has 0 aliphatic carbocycles. The molecule has 39 heavy (non-hydrogen) atoms. The number of aromatic amines is 1. The third-order valence-corrected chi connectivity index (χ3v) is 6.60. The topological polar surface area (TPSA) is 93.9 Å². The van der Waals surface area contributed by atoms with Crippen molar-refractivity contribution in [1.29, 1.82) is 0 Å². The van der Waals surface area contributed by atoms with Crippen LogP contribution in [-0.4, -0.2) is 38.2 Å². The number of hydrogen-bond donors (Lipinski definition) is 2. The lowest BCUT2D eigenvalue weighted by Crippen LogP contribution is -2.23. The molecule has 5 rings (SSSR count). The number of para-hydroxylation sites is 1. The number of aryl methyl sites for hydroxylation is 3. The number of H-pyrrole nitrogens is 1. The Labute approximate surface area is 221 Å². The van der Waals surface area contributed by atoms with Gasteiger partial charge in [-0.15, -0.1) is 0 Å². The Morgan fingerprint density at radius 1 is 1.13 bits per heavy atom. The van der Waals surface area contributed by atoms with Gasteiger partial charge in [-0.05, 0) is 50.1 Å². The summed E-state index contributed by atoms with van der Waals surface area (Å²) >= 11 is 0. The van der Waals surface area contributed by atoms with Crippen molar-refractivity contribution in [3.63, 3.8) is 0 Å². The quantitative estimate of drug-likeness (QED) is 0.275. The molecule has 0 bridgehead atoms. The van der Waals surface area contributed by atoms with Gasteiger partial charge in [0.05, 0.1) is 11.7 Å². The molecule has 0 radical (unpaired) electrons. The first-order valence-electron chi connectivity index (χ1n) is 12.3. The average Bonchev–Trinajstić information content (AvgIpc) is 3.52. The first-order valence-corrected chi connectivity index (χ1v) is 12.3. The number of benzene rings is 2. The van der Waals surface area contributed by atoms with Gasteiger partial charge >= 0.3 is 0 Å². The second kappa shape index (κ2) is 9.97. The summed E-state index contributed by atoms with van der Waals surface area (Å²) in [6.45, 7) is 5.95. The third kappa shape index (κ3) is 4.53. The fraction of sp³-hybridized carbons (Fsp3) is 0.250. The van der Waals surface area contributed by atoms with Crippen molar-refractivity contribution < 1.29 is 22.7 Å². The Bertz CT molecular complexity index is 1770. The van der Waals surface area contributed by atoms with Gasteiger partial charge in [-0.1, -0.05) is 18.2 Å². The van der Waals surface area contributed by atoms with E-state index in [1.165, 1.54) is 16.8 Å². The highest BCUT2D eigenvalue weighted by atomic mass is 19.3. The Morgan fingerprint density at radius 3 is 2.51 bits per heavy atom. The van der Waals surface area contributed by atoms with Crippen molar-refractivity contribution in [3.8, 4) is 22.6 Å². The highest BCUT2D eigenvalue weighted by Crippen LogP contribution is 2.41. The van der Waals surface area contributed by atoms with Crippen LogP contribution in [-0.2, 0) is 7.05 Å². The molecule has 1 atom stereocenters. The molecule has 0 fully saturated rings. The molecule has 0 aliphatic heterocycles.